The molecular weight excluding hydrogens is 188 g/mol. The van der Waals surface area contributed by atoms with Gasteiger partial charge in [0.1, 0.15) is 12.2 Å². The summed E-state index contributed by atoms with van der Waals surface area (Å²) in [6.45, 7) is 6.83. The lowest BCUT2D eigenvalue weighted by Crippen LogP contribution is -2.29. The van der Waals surface area contributed by atoms with Crippen LogP contribution in [-0.4, -0.2) is 27.9 Å². The SMILES string of the molecule is C=CCn1cnnc1CC1CCNCC1. The number of nitrogens with one attached hydrogen (secondary N) is 1. The lowest BCUT2D eigenvalue weighted by Gasteiger charge is -2.22. The summed E-state index contributed by atoms with van der Waals surface area (Å²) < 4.78 is 2.08. The monoisotopic (exact) mass is 206 g/mol. The molecule has 4 nitrogen and oxygen atoms in total. The fourth-order valence-electron chi connectivity index (χ4n) is 2.07. The van der Waals surface area contributed by atoms with Crippen LogP contribution in [0.25, 0.3) is 0 Å². The number of piperidine rings is 1. The van der Waals surface area contributed by atoms with Gasteiger partial charge in [0, 0.05) is 13.0 Å². The third-order valence-corrected chi connectivity index (χ3v) is 2.95. The average molecular weight is 206 g/mol. The van der Waals surface area contributed by atoms with Crippen molar-refractivity contribution in [1.82, 2.24) is 20.1 Å². The number of nitrogens with zero attached hydrogens (tertiary/aromatic N) is 3. The van der Waals surface area contributed by atoms with Gasteiger partial charge in [-0.25, -0.2) is 0 Å². The first-order valence-electron chi connectivity index (χ1n) is 5.58. The highest BCUT2D eigenvalue weighted by molar-refractivity contribution is 4.91. The lowest BCUT2D eigenvalue weighted by molar-refractivity contribution is 0.363. The maximum atomic E-state index is 4.17. The van der Waals surface area contributed by atoms with Gasteiger partial charge in [-0.2, -0.15) is 0 Å². The molecule has 0 radical (unpaired) electrons. The van der Waals surface area contributed by atoms with Crippen LogP contribution in [0, 0.1) is 5.92 Å². The predicted molar refractivity (Wildman–Crippen MR) is 59.5 cm³/mol. The highest BCUT2D eigenvalue weighted by atomic mass is 15.3. The topological polar surface area (TPSA) is 42.7 Å². The van der Waals surface area contributed by atoms with Gasteiger partial charge in [-0.1, -0.05) is 6.08 Å². The van der Waals surface area contributed by atoms with Crippen LogP contribution in [0.1, 0.15) is 18.7 Å². The minimum Gasteiger partial charge on any atom is -0.317 e. The van der Waals surface area contributed by atoms with Crippen LogP contribution >= 0.6 is 0 Å². The summed E-state index contributed by atoms with van der Waals surface area (Å²) in [5.74, 6) is 1.86. The molecule has 82 valence electrons. The number of hydrogen-bond acceptors (Lipinski definition) is 3. The van der Waals surface area contributed by atoms with Crippen molar-refractivity contribution in [3.05, 3.63) is 24.8 Å². The maximum Gasteiger partial charge on any atom is 0.133 e. The Morgan fingerprint density at radius 3 is 3.07 bits per heavy atom. The molecule has 0 bridgehead atoms. The first kappa shape index (κ1) is 10.4. The molecule has 0 atom stereocenters. The molecule has 0 aromatic carbocycles. The van der Waals surface area contributed by atoms with E-state index in [-0.39, 0.29) is 0 Å². The maximum absolute atomic E-state index is 4.17. The van der Waals surface area contributed by atoms with Gasteiger partial charge in [0.15, 0.2) is 0 Å². The Kier molecular flexibility index (Phi) is 3.50. The smallest absolute Gasteiger partial charge is 0.133 e. The van der Waals surface area contributed by atoms with Crippen LogP contribution in [0.5, 0.6) is 0 Å². The molecule has 0 unspecified atom stereocenters. The van der Waals surface area contributed by atoms with Crippen molar-refractivity contribution >= 4 is 0 Å². The van der Waals surface area contributed by atoms with E-state index in [0.717, 1.165) is 37.8 Å². The molecule has 1 fully saturated rings. The Balaban J connectivity index is 1.96. The molecule has 4 heteroatoms. The molecule has 2 rings (SSSR count). The summed E-state index contributed by atoms with van der Waals surface area (Å²) in [4.78, 5) is 0. The Labute approximate surface area is 90.4 Å². The quantitative estimate of drug-likeness (QED) is 0.748. The van der Waals surface area contributed by atoms with E-state index in [1.165, 1.54) is 12.8 Å². The van der Waals surface area contributed by atoms with Gasteiger partial charge >= 0.3 is 0 Å². The Bertz CT molecular complexity index is 312. The molecule has 1 aromatic rings. The molecule has 2 heterocycles. The van der Waals surface area contributed by atoms with Crippen molar-refractivity contribution in [2.75, 3.05) is 13.1 Å². The molecule has 0 aliphatic carbocycles. The zero-order chi connectivity index (χ0) is 10.5. The van der Waals surface area contributed by atoms with E-state index >= 15 is 0 Å². The van der Waals surface area contributed by atoms with Gasteiger partial charge in [0.05, 0.1) is 0 Å². The molecule has 1 N–H and O–H groups in total. The van der Waals surface area contributed by atoms with E-state index < -0.39 is 0 Å². The molecular formula is C11H18N4. The van der Waals surface area contributed by atoms with Crippen molar-refractivity contribution in [2.24, 2.45) is 5.92 Å². The molecule has 0 saturated carbocycles. The standard InChI is InChI=1S/C11H18N4/c1-2-7-15-9-13-14-11(15)8-10-3-5-12-6-4-10/h2,9-10,12H,1,3-8H2. The van der Waals surface area contributed by atoms with E-state index in [9.17, 15) is 0 Å². The fourth-order valence-corrected chi connectivity index (χ4v) is 2.07. The van der Waals surface area contributed by atoms with Gasteiger partial charge < -0.3 is 9.88 Å². The zero-order valence-corrected chi connectivity index (χ0v) is 9.02. The van der Waals surface area contributed by atoms with Crippen LogP contribution < -0.4 is 5.32 Å². The minimum absolute atomic E-state index is 0.763. The van der Waals surface area contributed by atoms with Gasteiger partial charge in [0.2, 0.25) is 0 Å². The van der Waals surface area contributed by atoms with Crippen LogP contribution in [0.3, 0.4) is 0 Å². The van der Waals surface area contributed by atoms with E-state index in [1.54, 1.807) is 6.33 Å². The Morgan fingerprint density at radius 1 is 1.53 bits per heavy atom. The number of allylic oxidation sites excluding steroid dienone is 1. The van der Waals surface area contributed by atoms with Crippen LogP contribution in [0.15, 0.2) is 19.0 Å². The molecule has 1 aliphatic rings. The van der Waals surface area contributed by atoms with Gasteiger partial charge in [-0.05, 0) is 31.8 Å². The summed E-state index contributed by atoms with van der Waals surface area (Å²) in [5.41, 5.74) is 0. The van der Waals surface area contributed by atoms with Crippen molar-refractivity contribution < 1.29 is 0 Å². The average Bonchev–Trinajstić information content (AvgIpc) is 2.68. The normalized spacial score (nSPS) is 17.9. The lowest BCUT2D eigenvalue weighted by atomic mass is 9.94. The van der Waals surface area contributed by atoms with E-state index in [0.29, 0.717) is 0 Å². The van der Waals surface area contributed by atoms with E-state index in [4.69, 9.17) is 0 Å². The van der Waals surface area contributed by atoms with Crippen molar-refractivity contribution in [2.45, 2.75) is 25.8 Å². The van der Waals surface area contributed by atoms with Crippen molar-refractivity contribution in [3.63, 3.8) is 0 Å². The third-order valence-electron chi connectivity index (χ3n) is 2.95. The first-order valence-corrected chi connectivity index (χ1v) is 5.58. The Morgan fingerprint density at radius 2 is 2.33 bits per heavy atom. The van der Waals surface area contributed by atoms with Crippen LogP contribution in [0.4, 0.5) is 0 Å². The van der Waals surface area contributed by atoms with Crippen molar-refractivity contribution in [3.8, 4) is 0 Å². The molecule has 15 heavy (non-hydrogen) atoms. The van der Waals surface area contributed by atoms with Crippen LogP contribution in [0.2, 0.25) is 0 Å². The Hall–Kier alpha value is -1.16. The second kappa shape index (κ2) is 5.07. The highest BCUT2D eigenvalue weighted by Crippen LogP contribution is 2.16. The van der Waals surface area contributed by atoms with E-state index in [2.05, 4.69) is 26.7 Å². The fraction of sp³-hybridized carbons (Fsp3) is 0.636. The first-order chi connectivity index (χ1) is 7.40. The molecule has 1 saturated heterocycles. The molecule has 1 aromatic heterocycles. The van der Waals surface area contributed by atoms with Gasteiger partial charge in [-0.3, -0.25) is 0 Å². The predicted octanol–water partition coefficient (Wildman–Crippen LogP) is 1.01. The van der Waals surface area contributed by atoms with Crippen LogP contribution in [-0.2, 0) is 13.0 Å². The second-order valence-corrected chi connectivity index (χ2v) is 4.09. The van der Waals surface area contributed by atoms with Gasteiger partial charge in [0.25, 0.3) is 0 Å². The highest BCUT2D eigenvalue weighted by Gasteiger charge is 2.16. The summed E-state index contributed by atoms with van der Waals surface area (Å²) in [7, 11) is 0. The number of hydrogen-bond donors (Lipinski definition) is 1. The molecule has 1 aliphatic heterocycles. The molecule has 0 spiro atoms. The molecule has 0 amide bonds. The summed E-state index contributed by atoms with van der Waals surface area (Å²) >= 11 is 0. The summed E-state index contributed by atoms with van der Waals surface area (Å²) in [5, 5.41) is 11.5. The van der Waals surface area contributed by atoms with E-state index in [1.807, 2.05) is 6.08 Å². The summed E-state index contributed by atoms with van der Waals surface area (Å²) in [6.07, 6.45) is 7.23. The largest absolute Gasteiger partial charge is 0.317 e. The van der Waals surface area contributed by atoms with Crippen molar-refractivity contribution in [1.29, 1.82) is 0 Å². The second-order valence-electron chi connectivity index (χ2n) is 4.09. The third kappa shape index (κ3) is 2.65. The number of aromatic nitrogens is 3. The number of rotatable bonds is 4. The van der Waals surface area contributed by atoms with Gasteiger partial charge in [-0.15, -0.1) is 16.8 Å². The summed E-state index contributed by atoms with van der Waals surface area (Å²) in [6, 6.07) is 0. The minimum atomic E-state index is 0.763. The zero-order valence-electron chi connectivity index (χ0n) is 9.02.